The van der Waals surface area contributed by atoms with Gasteiger partial charge in [0.2, 0.25) is 5.91 Å². The van der Waals surface area contributed by atoms with Crippen molar-refractivity contribution in [3.05, 3.63) is 29.8 Å². The lowest BCUT2D eigenvalue weighted by atomic mass is 9.85. The van der Waals surface area contributed by atoms with Gasteiger partial charge in [-0.15, -0.1) is 0 Å². The van der Waals surface area contributed by atoms with Crippen LogP contribution in [0.25, 0.3) is 0 Å². The molecule has 1 aliphatic rings. The molecule has 1 aromatic carbocycles. The van der Waals surface area contributed by atoms with Crippen LogP contribution in [0.1, 0.15) is 31.7 Å². The molecular formula is C16H21NO4. The molecule has 1 aliphatic carbocycles. The van der Waals surface area contributed by atoms with E-state index < -0.39 is 11.4 Å². The molecule has 1 fully saturated rings. The number of ether oxygens (including phenoxy) is 1. The van der Waals surface area contributed by atoms with Crippen molar-refractivity contribution < 1.29 is 19.4 Å². The van der Waals surface area contributed by atoms with Gasteiger partial charge in [0, 0.05) is 6.04 Å². The van der Waals surface area contributed by atoms with Gasteiger partial charge in [-0.3, -0.25) is 9.59 Å². The molecule has 1 saturated carbocycles. The van der Waals surface area contributed by atoms with Crippen LogP contribution in [0.5, 0.6) is 5.75 Å². The molecule has 5 heteroatoms. The third kappa shape index (κ3) is 3.35. The van der Waals surface area contributed by atoms with Gasteiger partial charge in [0.05, 0.1) is 18.9 Å². The summed E-state index contributed by atoms with van der Waals surface area (Å²) in [5.74, 6) is -0.234. The van der Waals surface area contributed by atoms with Crippen LogP contribution in [-0.2, 0) is 16.0 Å². The molecule has 0 radical (unpaired) electrons. The Hall–Kier alpha value is -2.04. The highest BCUT2D eigenvalue weighted by molar-refractivity contribution is 5.81. The Labute approximate surface area is 124 Å². The molecule has 21 heavy (non-hydrogen) atoms. The van der Waals surface area contributed by atoms with Crippen molar-refractivity contribution in [2.24, 2.45) is 5.41 Å². The van der Waals surface area contributed by atoms with Crippen molar-refractivity contribution in [3.8, 4) is 5.75 Å². The lowest BCUT2D eigenvalue weighted by Gasteiger charge is -2.27. The summed E-state index contributed by atoms with van der Waals surface area (Å²) in [6, 6.07) is 6.99. The number of aliphatic carboxylic acids is 1. The van der Waals surface area contributed by atoms with E-state index in [1.165, 1.54) is 0 Å². The summed E-state index contributed by atoms with van der Waals surface area (Å²) < 4.78 is 5.07. The fraction of sp³-hybridized carbons (Fsp3) is 0.500. The minimum absolute atomic E-state index is 0.139. The summed E-state index contributed by atoms with van der Waals surface area (Å²) >= 11 is 0. The van der Waals surface area contributed by atoms with E-state index in [0.29, 0.717) is 6.42 Å². The van der Waals surface area contributed by atoms with Gasteiger partial charge < -0.3 is 15.2 Å². The van der Waals surface area contributed by atoms with Crippen molar-refractivity contribution in [3.63, 3.8) is 0 Å². The number of hydrogen-bond acceptors (Lipinski definition) is 3. The number of methoxy groups -OCH3 is 1. The second-order valence-electron chi connectivity index (χ2n) is 5.76. The average Bonchev–Trinajstić information content (AvgIpc) is 2.82. The summed E-state index contributed by atoms with van der Waals surface area (Å²) in [6.45, 7) is 1.71. The maximum atomic E-state index is 12.1. The smallest absolute Gasteiger partial charge is 0.311 e. The first-order chi connectivity index (χ1) is 9.95. The van der Waals surface area contributed by atoms with Crippen molar-refractivity contribution in [1.29, 1.82) is 0 Å². The topological polar surface area (TPSA) is 75.6 Å². The van der Waals surface area contributed by atoms with Gasteiger partial charge in [-0.2, -0.15) is 0 Å². The normalized spacial score (nSPS) is 24.6. The van der Waals surface area contributed by atoms with E-state index in [-0.39, 0.29) is 18.4 Å². The van der Waals surface area contributed by atoms with Crippen LogP contribution in [0.2, 0.25) is 0 Å². The fourth-order valence-corrected chi connectivity index (χ4v) is 2.83. The monoisotopic (exact) mass is 291 g/mol. The first-order valence-electron chi connectivity index (χ1n) is 7.11. The average molecular weight is 291 g/mol. The molecule has 2 unspecified atom stereocenters. The molecular weight excluding hydrogens is 270 g/mol. The highest BCUT2D eigenvalue weighted by Crippen LogP contribution is 2.38. The van der Waals surface area contributed by atoms with E-state index in [1.54, 1.807) is 26.2 Å². The minimum atomic E-state index is -0.852. The van der Waals surface area contributed by atoms with Crippen LogP contribution < -0.4 is 10.1 Å². The zero-order chi connectivity index (χ0) is 15.5. The van der Waals surface area contributed by atoms with Gasteiger partial charge in [-0.1, -0.05) is 18.6 Å². The number of carbonyl (C=O) groups excluding carboxylic acids is 1. The second kappa shape index (κ2) is 6.16. The highest BCUT2D eigenvalue weighted by Gasteiger charge is 2.45. The van der Waals surface area contributed by atoms with E-state index in [1.807, 2.05) is 12.1 Å². The van der Waals surface area contributed by atoms with Gasteiger partial charge in [-0.05, 0) is 37.5 Å². The van der Waals surface area contributed by atoms with E-state index in [0.717, 1.165) is 24.2 Å². The van der Waals surface area contributed by atoms with Crippen LogP contribution >= 0.6 is 0 Å². The standard InChI is InChI=1S/C16H21NO4/c1-16(15(19)20)9-3-4-13(16)17-14(18)10-11-5-7-12(21-2)8-6-11/h5-8,13H,3-4,9-10H2,1-2H3,(H,17,18)(H,19,20). The second-order valence-corrected chi connectivity index (χ2v) is 5.76. The molecule has 1 aromatic rings. The molecule has 0 spiro atoms. The predicted molar refractivity (Wildman–Crippen MR) is 78.2 cm³/mol. The molecule has 0 bridgehead atoms. The quantitative estimate of drug-likeness (QED) is 0.870. The van der Waals surface area contributed by atoms with Gasteiger partial charge in [0.25, 0.3) is 0 Å². The van der Waals surface area contributed by atoms with E-state index in [9.17, 15) is 14.7 Å². The van der Waals surface area contributed by atoms with Crippen LogP contribution in [0, 0.1) is 5.41 Å². The Kier molecular flexibility index (Phi) is 4.50. The Morgan fingerprint density at radius 2 is 2.05 bits per heavy atom. The molecule has 0 aromatic heterocycles. The first kappa shape index (κ1) is 15.4. The number of rotatable bonds is 5. The first-order valence-corrected chi connectivity index (χ1v) is 7.11. The van der Waals surface area contributed by atoms with Crippen LogP contribution in [0.15, 0.2) is 24.3 Å². The van der Waals surface area contributed by atoms with Crippen molar-refractivity contribution in [1.82, 2.24) is 5.32 Å². The Morgan fingerprint density at radius 3 is 2.62 bits per heavy atom. The molecule has 2 atom stereocenters. The summed E-state index contributed by atoms with van der Waals surface area (Å²) in [4.78, 5) is 23.5. The molecule has 2 rings (SSSR count). The van der Waals surface area contributed by atoms with Crippen LogP contribution in [-0.4, -0.2) is 30.1 Å². The van der Waals surface area contributed by atoms with Crippen molar-refractivity contribution in [2.75, 3.05) is 7.11 Å². The molecule has 5 nitrogen and oxygen atoms in total. The van der Waals surface area contributed by atoms with Crippen molar-refractivity contribution >= 4 is 11.9 Å². The lowest BCUT2D eigenvalue weighted by Crippen LogP contribution is -2.47. The highest BCUT2D eigenvalue weighted by atomic mass is 16.5. The number of carboxylic acid groups (broad SMARTS) is 1. The van der Waals surface area contributed by atoms with E-state index >= 15 is 0 Å². The number of nitrogens with one attached hydrogen (secondary N) is 1. The zero-order valence-corrected chi connectivity index (χ0v) is 12.4. The minimum Gasteiger partial charge on any atom is -0.497 e. The molecule has 0 heterocycles. The number of carboxylic acids is 1. The predicted octanol–water partition coefficient (Wildman–Crippen LogP) is 2.00. The SMILES string of the molecule is COc1ccc(CC(=O)NC2CCCC2(C)C(=O)O)cc1. The Balaban J connectivity index is 1.96. The van der Waals surface area contributed by atoms with Crippen LogP contribution in [0.4, 0.5) is 0 Å². The summed E-state index contributed by atoms with van der Waals surface area (Å²) in [7, 11) is 1.59. The van der Waals surface area contributed by atoms with Gasteiger partial charge >= 0.3 is 5.97 Å². The number of hydrogen-bond donors (Lipinski definition) is 2. The third-order valence-corrected chi connectivity index (χ3v) is 4.31. The Morgan fingerprint density at radius 1 is 1.38 bits per heavy atom. The Bertz CT molecular complexity index is 526. The summed E-state index contributed by atoms with van der Waals surface area (Å²) in [6.07, 6.45) is 2.40. The zero-order valence-electron chi connectivity index (χ0n) is 12.4. The molecule has 1 amide bonds. The van der Waals surface area contributed by atoms with E-state index in [2.05, 4.69) is 5.32 Å². The maximum Gasteiger partial charge on any atom is 0.311 e. The number of benzene rings is 1. The van der Waals surface area contributed by atoms with Crippen LogP contribution in [0.3, 0.4) is 0 Å². The molecule has 114 valence electrons. The molecule has 0 saturated heterocycles. The summed E-state index contributed by atoms with van der Waals surface area (Å²) in [5.41, 5.74) is 0.0265. The number of amides is 1. The maximum absolute atomic E-state index is 12.1. The largest absolute Gasteiger partial charge is 0.497 e. The molecule has 0 aliphatic heterocycles. The lowest BCUT2D eigenvalue weighted by molar-refractivity contribution is -0.149. The number of carbonyl (C=O) groups is 2. The van der Waals surface area contributed by atoms with Gasteiger partial charge in [-0.25, -0.2) is 0 Å². The third-order valence-electron chi connectivity index (χ3n) is 4.31. The summed E-state index contributed by atoms with van der Waals surface area (Å²) in [5, 5.41) is 12.2. The van der Waals surface area contributed by atoms with Crippen molar-refractivity contribution in [2.45, 2.75) is 38.6 Å². The van der Waals surface area contributed by atoms with E-state index in [4.69, 9.17) is 4.74 Å². The molecule has 2 N–H and O–H groups in total. The fourth-order valence-electron chi connectivity index (χ4n) is 2.83. The van der Waals surface area contributed by atoms with Gasteiger partial charge in [0.1, 0.15) is 5.75 Å². The van der Waals surface area contributed by atoms with Gasteiger partial charge in [0.15, 0.2) is 0 Å².